The summed E-state index contributed by atoms with van der Waals surface area (Å²) in [6.45, 7) is 2.05. The van der Waals surface area contributed by atoms with Gasteiger partial charge in [-0.05, 0) is 30.2 Å². The fourth-order valence-electron chi connectivity index (χ4n) is 1.64. The third-order valence-corrected chi connectivity index (χ3v) is 2.57. The summed E-state index contributed by atoms with van der Waals surface area (Å²) in [6, 6.07) is 9.15. The first kappa shape index (κ1) is 10.5. The summed E-state index contributed by atoms with van der Waals surface area (Å²) < 4.78 is 0. The number of rotatable bonds is 2. The fourth-order valence-corrected chi connectivity index (χ4v) is 1.64. The summed E-state index contributed by atoms with van der Waals surface area (Å²) in [5, 5.41) is 9.55. The quantitative estimate of drug-likeness (QED) is 0.596. The number of para-hydroxylation sites is 1. The van der Waals surface area contributed by atoms with Gasteiger partial charge in [-0.25, -0.2) is 0 Å². The van der Waals surface area contributed by atoms with Crippen molar-refractivity contribution in [3.63, 3.8) is 0 Å². The molecule has 0 spiro atoms. The van der Waals surface area contributed by atoms with Crippen LogP contribution in [0.1, 0.15) is 12.6 Å². The van der Waals surface area contributed by atoms with Gasteiger partial charge in [-0.1, -0.05) is 19.1 Å². The first-order valence-electron chi connectivity index (χ1n) is 5.25. The van der Waals surface area contributed by atoms with Crippen molar-refractivity contribution in [3.05, 3.63) is 42.2 Å². The lowest BCUT2D eigenvalue weighted by Crippen LogP contribution is -1.92. The van der Waals surface area contributed by atoms with E-state index in [-0.39, 0.29) is 5.75 Å². The first-order chi connectivity index (χ1) is 7.72. The Balaban J connectivity index is 2.54. The minimum Gasteiger partial charge on any atom is -0.506 e. The number of aromatic nitrogens is 1. The molecule has 1 aromatic heterocycles. The highest BCUT2D eigenvalue weighted by molar-refractivity contribution is 5.80. The molecule has 0 saturated carbocycles. The maximum atomic E-state index is 9.55. The third kappa shape index (κ3) is 1.84. The first-order valence-corrected chi connectivity index (χ1v) is 5.25. The zero-order valence-electron chi connectivity index (χ0n) is 9.14. The Bertz CT molecular complexity index is 509. The van der Waals surface area contributed by atoms with Crippen molar-refractivity contribution >= 4 is 5.69 Å². The van der Waals surface area contributed by atoms with E-state index in [4.69, 9.17) is 5.73 Å². The molecule has 0 radical (unpaired) electrons. The number of aromatic hydroxyl groups is 1. The van der Waals surface area contributed by atoms with Crippen molar-refractivity contribution in [3.8, 4) is 16.9 Å². The molecule has 0 amide bonds. The summed E-state index contributed by atoms with van der Waals surface area (Å²) >= 11 is 0. The van der Waals surface area contributed by atoms with Crippen LogP contribution in [0, 0.1) is 0 Å². The van der Waals surface area contributed by atoms with Crippen LogP contribution in [0.5, 0.6) is 5.75 Å². The number of aryl methyl sites for hydroxylation is 1. The molecule has 0 fully saturated rings. The standard InChI is InChI=1S/C13H14N2O/c1-2-10-8-9(6-7-15-10)11-4-3-5-12(16)13(11)14/h3-8,16H,2,14H2,1H3. The van der Waals surface area contributed by atoms with Crippen molar-refractivity contribution < 1.29 is 5.11 Å². The lowest BCUT2D eigenvalue weighted by atomic mass is 10.0. The van der Waals surface area contributed by atoms with Crippen LogP contribution in [0.15, 0.2) is 36.5 Å². The van der Waals surface area contributed by atoms with Gasteiger partial charge in [0.05, 0.1) is 5.69 Å². The van der Waals surface area contributed by atoms with E-state index in [0.29, 0.717) is 5.69 Å². The van der Waals surface area contributed by atoms with Gasteiger partial charge in [-0.2, -0.15) is 0 Å². The average molecular weight is 214 g/mol. The topological polar surface area (TPSA) is 59.1 Å². The Labute approximate surface area is 94.6 Å². The summed E-state index contributed by atoms with van der Waals surface area (Å²) in [6.07, 6.45) is 2.64. The van der Waals surface area contributed by atoms with Crippen LogP contribution in [0.2, 0.25) is 0 Å². The van der Waals surface area contributed by atoms with Gasteiger partial charge in [-0.3, -0.25) is 4.98 Å². The molecule has 3 heteroatoms. The maximum Gasteiger partial charge on any atom is 0.139 e. The van der Waals surface area contributed by atoms with Crippen LogP contribution in [0.4, 0.5) is 5.69 Å². The van der Waals surface area contributed by atoms with Crippen molar-refractivity contribution in [1.29, 1.82) is 0 Å². The Morgan fingerprint density at radius 2 is 2.12 bits per heavy atom. The number of phenols is 1. The second kappa shape index (κ2) is 4.23. The average Bonchev–Trinajstić information content (AvgIpc) is 2.33. The van der Waals surface area contributed by atoms with Gasteiger partial charge >= 0.3 is 0 Å². The molecule has 0 aliphatic carbocycles. The van der Waals surface area contributed by atoms with Gasteiger partial charge in [0, 0.05) is 17.5 Å². The van der Waals surface area contributed by atoms with E-state index >= 15 is 0 Å². The Kier molecular flexibility index (Phi) is 2.77. The summed E-state index contributed by atoms with van der Waals surface area (Å²) in [5.74, 6) is 0.118. The molecule has 0 aliphatic heterocycles. The van der Waals surface area contributed by atoms with Crippen LogP contribution >= 0.6 is 0 Å². The van der Waals surface area contributed by atoms with E-state index in [2.05, 4.69) is 11.9 Å². The van der Waals surface area contributed by atoms with Crippen LogP contribution < -0.4 is 5.73 Å². The number of nitrogens with two attached hydrogens (primary N) is 1. The highest BCUT2D eigenvalue weighted by Gasteiger charge is 2.06. The predicted molar refractivity (Wildman–Crippen MR) is 65.1 cm³/mol. The van der Waals surface area contributed by atoms with Crippen molar-refractivity contribution in [2.75, 3.05) is 5.73 Å². The SMILES string of the molecule is CCc1cc(-c2cccc(O)c2N)ccn1. The molecule has 0 bridgehead atoms. The van der Waals surface area contributed by atoms with E-state index in [0.717, 1.165) is 23.2 Å². The van der Waals surface area contributed by atoms with E-state index in [1.54, 1.807) is 18.3 Å². The molecule has 0 aliphatic rings. The molecular weight excluding hydrogens is 200 g/mol. The molecule has 1 heterocycles. The molecule has 2 rings (SSSR count). The van der Waals surface area contributed by atoms with E-state index < -0.39 is 0 Å². The van der Waals surface area contributed by atoms with Crippen LogP contribution in [0.25, 0.3) is 11.1 Å². The molecule has 0 saturated heterocycles. The molecule has 0 atom stereocenters. The Morgan fingerprint density at radius 1 is 1.31 bits per heavy atom. The molecular formula is C13H14N2O. The predicted octanol–water partition coefficient (Wildman–Crippen LogP) is 2.60. The molecule has 16 heavy (non-hydrogen) atoms. The third-order valence-electron chi connectivity index (χ3n) is 2.57. The zero-order valence-corrected chi connectivity index (χ0v) is 9.14. The van der Waals surface area contributed by atoms with E-state index in [1.807, 2.05) is 18.2 Å². The van der Waals surface area contributed by atoms with Gasteiger partial charge in [0.1, 0.15) is 5.75 Å². The highest BCUT2D eigenvalue weighted by Crippen LogP contribution is 2.32. The van der Waals surface area contributed by atoms with Crippen molar-refractivity contribution in [2.45, 2.75) is 13.3 Å². The van der Waals surface area contributed by atoms with Crippen molar-refractivity contribution in [1.82, 2.24) is 4.98 Å². The van der Waals surface area contributed by atoms with Gasteiger partial charge in [0.15, 0.2) is 0 Å². The van der Waals surface area contributed by atoms with Gasteiger partial charge in [-0.15, -0.1) is 0 Å². The minimum absolute atomic E-state index is 0.118. The van der Waals surface area contributed by atoms with Gasteiger partial charge in [0.2, 0.25) is 0 Å². The molecule has 2 aromatic rings. The lowest BCUT2D eigenvalue weighted by molar-refractivity contribution is 0.478. The summed E-state index contributed by atoms with van der Waals surface area (Å²) in [5.41, 5.74) is 9.09. The van der Waals surface area contributed by atoms with Crippen LogP contribution in [0.3, 0.4) is 0 Å². The number of hydrogen-bond donors (Lipinski definition) is 2. The number of phenolic OH excluding ortho intramolecular Hbond substituents is 1. The number of anilines is 1. The van der Waals surface area contributed by atoms with Gasteiger partial charge in [0.25, 0.3) is 0 Å². The molecule has 3 N–H and O–H groups in total. The van der Waals surface area contributed by atoms with Gasteiger partial charge < -0.3 is 10.8 Å². The monoisotopic (exact) mass is 214 g/mol. The van der Waals surface area contributed by atoms with Crippen LogP contribution in [-0.4, -0.2) is 10.1 Å². The fraction of sp³-hybridized carbons (Fsp3) is 0.154. The van der Waals surface area contributed by atoms with E-state index in [1.165, 1.54) is 0 Å². The lowest BCUT2D eigenvalue weighted by Gasteiger charge is -2.08. The summed E-state index contributed by atoms with van der Waals surface area (Å²) in [4.78, 5) is 4.23. The number of pyridine rings is 1. The van der Waals surface area contributed by atoms with E-state index in [9.17, 15) is 5.11 Å². The molecule has 3 nitrogen and oxygen atoms in total. The second-order valence-electron chi connectivity index (χ2n) is 3.63. The number of nitrogen functional groups attached to an aromatic ring is 1. The number of nitrogens with zero attached hydrogens (tertiary/aromatic N) is 1. The van der Waals surface area contributed by atoms with Crippen LogP contribution in [-0.2, 0) is 6.42 Å². The minimum atomic E-state index is 0.118. The smallest absolute Gasteiger partial charge is 0.139 e. The summed E-state index contributed by atoms with van der Waals surface area (Å²) in [7, 11) is 0. The highest BCUT2D eigenvalue weighted by atomic mass is 16.3. The normalized spacial score (nSPS) is 10.3. The number of benzene rings is 1. The molecule has 0 unspecified atom stereocenters. The second-order valence-corrected chi connectivity index (χ2v) is 3.63. The maximum absolute atomic E-state index is 9.55. The Hall–Kier alpha value is -2.03. The zero-order chi connectivity index (χ0) is 11.5. The Morgan fingerprint density at radius 3 is 2.88 bits per heavy atom. The molecule has 82 valence electrons. The molecule has 1 aromatic carbocycles. The number of hydrogen-bond acceptors (Lipinski definition) is 3. The van der Waals surface area contributed by atoms with Crippen molar-refractivity contribution in [2.24, 2.45) is 0 Å². The largest absolute Gasteiger partial charge is 0.506 e.